The Morgan fingerprint density at radius 2 is 1.89 bits per heavy atom. The smallest absolute Gasteiger partial charge is 0.255 e. The summed E-state index contributed by atoms with van der Waals surface area (Å²) in [5, 5.41) is 3.44. The van der Waals surface area contributed by atoms with Crippen molar-refractivity contribution in [1.82, 2.24) is 4.98 Å². The van der Waals surface area contributed by atoms with Crippen LogP contribution in [0.1, 0.15) is 17.3 Å². The van der Waals surface area contributed by atoms with E-state index in [-0.39, 0.29) is 5.91 Å². The van der Waals surface area contributed by atoms with Crippen LogP contribution < -0.4 is 10.1 Å². The highest BCUT2D eigenvalue weighted by Gasteiger charge is 2.13. The van der Waals surface area contributed by atoms with Crippen LogP contribution in [-0.4, -0.2) is 17.5 Å². The summed E-state index contributed by atoms with van der Waals surface area (Å²) in [6, 6.07) is 19.7. The molecule has 1 heterocycles. The Morgan fingerprint density at radius 1 is 1.11 bits per heavy atom. The Balaban J connectivity index is 1.56. The van der Waals surface area contributed by atoms with Gasteiger partial charge in [-0.1, -0.05) is 23.7 Å². The summed E-state index contributed by atoms with van der Waals surface area (Å²) in [5.41, 5.74) is 3.15. The van der Waals surface area contributed by atoms with Gasteiger partial charge in [-0.25, -0.2) is 4.98 Å². The first-order valence-electron chi connectivity index (χ1n) is 8.84. The lowest BCUT2D eigenvalue weighted by Crippen LogP contribution is -2.11. The number of nitrogens with zero attached hydrogens (tertiary/aromatic N) is 1. The molecule has 1 N–H and O–H groups in total. The number of nitrogens with one attached hydrogen (secondary N) is 1. The minimum absolute atomic E-state index is 0.211. The zero-order valence-electron chi connectivity index (χ0n) is 15.1. The van der Waals surface area contributed by atoms with E-state index in [1.807, 2.05) is 25.1 Å². The third kappa shape index (κ3) is 3.70. The second-order valence-electron chi connectivity index (χ2n) is 6.09. The van der Waals surface area contributed by atoms with E-state index in [2.05, 4.69) is 10.3 Å². The lowest BCUT2D eigenvalue weighted by molar-refractivity contribution is 0.102. The molecule has 1 aromatic heterocycles. The van der Waals surface area contributed by atoms with E-state index >= 15 is 0 Å². The van der Waals surface area contributed by atoms with Crippen LogP contribution in [0.3, 0.4) is 0 Å². The van der Waals surface area contributed by atoms with Gasteiger partial charge in [0.2, 0.25) is 5.89 Å². The van der Waals surface area contributed by atoms with Gasteiger partial charge < -0.3 is 14.5 Å². The SMILES string of the molecule is CCOc1ccc(C(=O)Nc2ccc3oc(-c4ccccc4Cl)nc3c2)cc1. The Bertz CT molecular complexity index is 1140. The average Bonchev–Trinajstić information content (AvgIpc) is 3.12. The van der Waals surface area contributed by atoms with Crippen LogP contribution in [0.5, 0.6) is 5.75 Å². The molecule has 0 aliphatic carbocycles. The maximum Gasteiger partial charge on any atom is 0.255 e. The van der Waals surface area contributed by atoms with Gasteiger partial charge in [0, 0.05) is 11.3 Å². The number of halogens is 1. The zero-order chi connectivity index (χ0) is 19.5. The van der Waals surface area contributed by atoms with Gasteiger partial charge >= 0.3 is 0 Å². The number of anilines is 1. The topological polar surface area (TPSA) is 64.4 Å². The average molecular weight is 393 g/mol. The predicted molar refractivity (Wildman–Crippen MR) is 110 cm³/mol. The predicted octanol–water partition coefficient (Wildman–Crippen LogP) is 5.80. The molecule has 0 fully saturated rings. The van der Waals surface area contributed by atoms with Crippen LogP contribution in [0.15, 0.2) is 71.1 Å². The quantitative estimate of drug-likeness (QED) is 0.466. The van der Waals surface area contributed by atoms with Crippen molar-refractivity contribution in [3.05, 3.63) is 77.3 Å². The zero-order valence-corrected chi connectivity index (χ0v) is 15.9. The molecule has 0 saturated carbocycles. The van der Waals surface area contributed by atoms with Gasteiger partial charge in [0.15, 0.2) is 5.58 Å². The van der Waals surface area contributed by atoms with Crippen LogP contribution in [-0.2, 0) is 0 Å². The molecule has 0 saturated heterocycles. The molecule has 0 unspecified atom stereocenters. The number of hydrogen-bond acceptors (Lipinski definition) is 4. The number of aromatic nitrogens is 1. The van der Waals surface area contributed by atoms with Gasteiger partial charge in [0.25, 0.3) is 5.91 Å². The number of amides is 1. The van der Waals surface area contributed by atoms with E-state index in [4.69, 9.17) is 20.8 Å². The molecule has 0 atom stereocenters. The number of ether oxygens (including phenoxy) is 1. The molecule has 4 rings (SSSR count). The van der Waals surface area contributed by atoms with Gasteiger partial charge in [-0.05, 0) is 61.5 Å². The fourth-order valence-electron chi connectivity index (χ4n) is 2.83. The highest BCUT2D eigenvalue weighted by molar-refractivity contribution is 6.33. The summed E-state index contributed by atoms with van der Waals surface area (Å²) in [7, 11) is 0. The van der Waals surface area contributed by atoms with Crippen molar-refractivity contribution < 1.29 is 13.9 Å². The summed E-state index contributed by atoms with van der Waals surface area (Å²) in [5.74, 6) is 0.961. The number of carbonyl (C=O) groups excluding carboxylic acids is 1. The van der Waals surface area contributed by atoms with E-state index < -0.39 is 0 Å². The van der Waals surface area contributed by atoms with Crippen molar-refractivity contribution in [3.63, 3.8) is 0 Å². The number of fused-ring (bicyclic) bond motifs is 1. The van der Waals surface area contributed by atoms with Gasteiger partial charge in [-0.3, -0.25) is 4.79 Å². The largest absolute Gasteiger partial charge is 0.494 e. The first kappa shape index (κ1) is 18.1. The summed E-state index contributed by atoms with van der Waals surface area (Å²) in [6.45, 7) is 2.50. The van der Waals surface area contributed by atoms with Crippen LogP contribution in [0.25, 0.3) is 22.6 Å². The third-order valence-electron chi connectivity index (χ3n) is 4.18. The molecular formula is C22H17ClN2O3. The van der Waals surface area contributed by atoms with Crippen molar-refractivity contribution in [2.75, 3.05) is 11.9 Å². The molecule has 0 spiro atoms. The van der Waals surface area contributed by atoms with Gasteiger partial charge in [-0.15, -0.1) is 0 Å². The maximum atomic E-state index is 12.5. The van der Waals surface area contributed by atoms with Crippen LogP contribution in [0.4, 0.5) is 5.69 Å². The molecule has 0 bridgehead atoms. The van der Waals surface area contributed by atoms with Gasteiger partial charge in [0.1, 0.15) is 11.3 Å². The first-order chi connectivity index (χ1) is 13.6. The highest BCUT2D eigenvalue weighted by atomic mass is 35.5. The number of rotatable bonds is 5. The summed E-state index contributed by atoms with van der Waals surface area (Å²) in [6.07, 6.45) is 0. The maximum absolute atomic E-state index is 12.5. The Labute approximate surface area is 166 Å². The van der Waals surface area contributed by atoms with Crippen LogP contribution >= 0.6 is 11.6 Å². The van der Waals surface area contributed by atoms with E-state index in [1.165, 1.54) is 0 Å². The summed E-state index contributed by atoms with van der Waals surface area (Å²) in [4.78, 5) is 17.0. The number of carbonyl (C=O) groups is 1. The minimum Gasteiger partial charge on any atom is -0.494 e. The fraction of sp³-hybridized carbons (Fsp3) is 0.0909. The lowest BCUT2D eigenvalue weighted by Gasteiger charge is -2.06. The number of benzene rings is 3. The first-order valence-corrected chi connectivity index (χ1v) is 9.21. The van der Waals surface area contributed by atoms with Crippen molar-refractivity contribution in [2.45, 2.75) is 6.92 Å². The summed E-state index contributed by atoms with van der Waals surface area (Å²) < 4.78 is 11.2. The van der Waals surface area contributed by atoms with Crippen molar-refractivity contribution in [1.29, 1.82) is 0 Å². The van der Waals surface area contributed by atoms with E-state index in [9.17, 15) is 4.79 Å². The molecule has 3 aromatic carbocycles. The molecule has 6 heteroatoms. The Morgan fingerprint density at radius 3 is 2.64 bits per heavy atom. The van der Waals surface area contributed by atoms with Crippen molar-refractivity contribution in [3.8, 4) is 17.2 Å². The number of hydrogen-bond donors (Lipinski definition) is 1. The standard InChI is InChI=1S/C22H17ClN2O3/c1-2-27-16-10-7-14(8-11-16)21(26)24-15-9-12-20-19(13-15)25-22(28-20)17-5-3-4-6-18(17)23/h3-13H,2H2,1H3,(H,24,26). The fourth-order valence-corrected chi connectivity index (χ4v) is 3.04. The van der Waals surface area contributed by atoms with E-state index in [0.29, 0.717) is 39.9 Å². The lowest BCUT2D eigenvalue weighted by atomic mass is 10.2. The molecule has 28 heavy (non-hydrogen) atoms. The molecule has 140 valence electrons. The Hall–Kier alpha value is -3.31. The second kappa shape index (κ2) is 7.74. The van der Waals surface area contributed by atoms with Crippen molar-refractivity contribution >= 4 is 34.3 Å². The molecule has 0 aliphatic rings. The second-order valence-corrected chi connectivity index (χ2v) is 6.50. The van der Waals surface area contributed by atoms with E-state index in [1.54, 1.807) is 48.5 Å². The monoisotopic (exact) mass is 392 g/mol. The number of oxazole rings is 1. The molecule has 0 aliphatic heterocycles. The Kier molecular flexibility index (Phi) is 5.00. The van der Waals surface area contributed by atoms with Gasteiger partial charge in [0.05, 0.1) is 17.2 Å². The van der Waals surface area contributed by atoms with E-state index in [0.717, 1.165) is 11.3 Å². The minimum atomic E-state index is -0.211. The van der Waals surface area contributed by atoms with Crippen LogP contribution in [0, 0.1) is 0 Å². The molecule has 0 radical (unpaired) electrons. The third-order valence-corrected chi connectivity index (χ3v) is 4.51. The van der Waals surface area contributed by atoms with Gasteiger partial charge in [-0.2, -0.15) is 0 Å². The highest BCUT2D eigenvalue weighted by Crippen LogP contribution is 2.30. The normalized spacial score (nSPS) is 10.8. The molecule has 5 nitrogen and oxygen atoms in total. The van der Waals surface area contributed by atoms with Crippen LogP contribution in [0.2, 0.25) is 5.02 Å². The van der Waals surface area contributed by atoms with Crippen molar-refractivity contribution in [2.24, 2.45) is 0 Å². The molecule has 1 amide bonds. The molecular weight excluding hydrogens is 376 g/mol. The molecule has 4 aromatic rings. The summed E-state index contributed by atoms with van der Waals surface area (Å²) >= 11 is 6.22.